The van der Waals surface area contributed by atoms with E-state index < -0.39 is 13.0 Å². The molecule has 6 heteroatoms. The molecule has 2 aromatic rings. The largest absolute Gasteiger partial charge is 0.374 e. The van der Waals surface area contributed by atoms with Crippen molar-refractivity contribution in [3.8, 4) is 0 Å². The van der Waals surface area contributed by atoms with E-state index in [4.69, 9.17) is 4.74 Å². The van der Waals surface area contributed by atoms with Crippen LogP contribution in [-0.2, 0) is 4.74 Å². The number of anilines is 1. The number of alkyl halides is 2. The number of aryl methyl sites for hydroxylation is 1. The van der Waals surface area contributed by atoms with Crippen molar-refractivity contribution in [2.75, 3.05) is 25.1 Å². The molecule has 0 aliphatic rings. The van der Waals surface area contributed by atoms with Gasteiger partial charge in [-0.1, -0.05) is 23.5 Å². The molecule has 2 rings (SSSR count). The molecule has 0 bridgehead atoms. The SMILES string of the molecule is Cc1cccc2sc(NCCOCC(F)F)nc12. The van der Waals surface area contributed by atoms with E-state index in [9.17, 15) is 8.78 Å². The maximum absolute atomic E-state index is 11.8. The van der Waals surface area contributed by atoms with E-state index in [-0.39, 0.29) is 6.61 Å². The third kappa shape index (κ3) is 3.36. The summed E-state index contributed by atoms with van der Waals surface area (Å²) in [4.78, 5) is 4.45. The Labute approximate surface area is 108 Å². The normalized spacial score (nSPS) is 11.3. The molecule has 0 aliphatic carbocycles. The van der Waals surface area contributed by atoms with Crippen molar-refractivity contribution < 1.29 is 13.5 Å². The second-order valence-electron chi connectivity index (χ2n) is 3.83. The zero-order valence-corrected chi connectivity index (χ0v) is 10.8. The Morgan fingerprint density at radius 1 is 1.44 bits per heavy atom. The minimum absolute atomic E-state index is 0.249. The number of fused-ring (bicyclic) bond motifs is 1. The Bertz CT molecular complexity index is 516. The molecule has 0 aliphatic heterocycles. The number of para-hydroxylation sites is 1. The van der Waals surface area contributed by atoms with Gasteiger partial charge in [-0.3, -0.25) is 0 Å². The maximum Gasteiger partial charge on any atom is 0.261 e. The van der Waals surface area contributed by atoms with Crippen LogP contribution in [0.3, 0.4) is 0 Å². The van der Waals surface area contributed by atoms with Crippen LogP contribution < -0.4 is 5.32 Å². The summed E-state index contributed by atoms with van der Waals surface area (Å²) in [6, 6.07) is 6.02. The number of hydrogen-bond acceptors (Lipinski definition) is 4. The summed E-state index contributed by atoms with van der Waals surface area (Å²) < 4.78 is 29.5. The van der Waals surface area contributed by atoms with Crippen molar-refractivity contribution >= 4 is 26.7 Å². The molecule has 1 aromatic carbocycles. The molecule has 3 nitrogen and oxygen atoms in total. The molecule has 1 heterocycles. The average molecular weight is 272 g/mol. The highest BCUT2D eigenvalue weighted by Gasteiger charge is 2.05. The van der Waals surface area contributed by atoms with E-state index in [1.807, 2.05) is 25.1 Å². The van der Waals surface area contributed by atoms with Crippen molar-refractivity contribution in [2.24, 2.45) is 0 Å². The van der Waals surface area contributed by atoms with Crippen molar-refractivity contribution in [1.82, 2.24) is 4.98 Å². The molecule has 0 amide bonds. The molecule has 98 valence electrons. The van der Waals surface area contributed by atoms with Crippen molar-refractivity contribution in [1.29, 1.82) is 0 Å². The monoisotopic (exact) mass is 272 g/mol. The van der Waals surface area contributed by atoms with Gasteiger partial charge in [0.25, 0.3) is 6.43 Å². The molecule has 1 aromatic heterocycles. The summed E-state index contributed by atoms with van der Waals surface area (Å²) in [7, 11) is 0. The van der Waals surface area contributed by atoms with Crippen LogP contribution in [-0.4, -0.2) is 31.2 Å². The number of rotatable bonds is 6. The van der Waals surface area contributed by atoms with E-state index >= 15 is 0 Å². The molecular weight excluding hydrogens is 258 g/mol. The summed E-state index contributed by atoms with van der Waals surface area (Å²) in [6.45, 7) is 2.23. The lowest BCUT2D eigenvalue weighted by Gasteiger charge is -2.03. The topological polar surface area (TPSA) is 34.1 Å². The van der Waals surface area contributed by atoms with Crippen LogP contribution >= 0.6 is 11.3 Å². The van der Waals surface area contributed by atoms with Crippen LogP contribution in [0, 0.1) is 6.92 Å². The molecule has 0 saturated heterocycles. The van der Waals surface area contributed by atoms with Gasteiger partial charge in [0.1, 0.15) is 6.61 Å². The number of aromatic nitrogens is 1. The smallest absolute Gasteiger partial charge is 0.261 e. The number of ether oxygens (including phenoxy) is 1. The standard InChI is InChI=1S/C12H14F2N2OS/c1-8-3-2-4-9-11(8)16-12(18-9)15-5-6-17-7-10(13)14/h2-4,10H,5-7H2,1H3,(H,15,16). The Hall–Kier alpha value is -1.27. The van der Waals surface area contributed by atoms with Gasteiger partial charge in [-0.05, 0) is 18.6 Å². The lowest BCUT2D eigenvalue weighted by Crippen LogP contribution is -2.12. The fraction of sp³-hybridized carbons (Fsp3) is 0.417. The number of halogens is 2. The van der Waals surface area contributed by atoms with Gasteiger partial charge in [0, 0.05) is 6.54 Å². The Kier molecular flexibility index (Phi) is 4.43. The summed E-state index contributed by atoms with van der Waals surface area (Å²) in [5, 5.41) is 3.86. The average Bonchev–Trinajstić information content (AvgIpc) is 2.72. The number of benzene rings is 1. The lowest BCUT2D eigenvalue weighted by atomic mass is 10.2. The van der Waals surface area contributed by atoms with Crippen LogP contribution in [0.15, 0.2) is 18.2 Å². The van der Waals surface area contributed by atoms with Crippen LogP contribution in [0.2, 0.25) is 0 Å². The number of thiazole rings is 1. The van der Waals surface area contributed by atoms with Crippen LogP contribution in [0.4, 0.5) is 13.9 Å². The first-order chi connectivity index (χ1) is 8.66. The molecule has 1 N–H and O–H groups in total. The van der Waals surface area contributed by atoms with E-state index in [2.05, 4.69) is 10.3 Å². The third-order valence-electron chi connectivity index (χ3n) is 2.39. The van der Waals surface area contributed by atoms with Gasteiger partial charge in [-0.2, -0.15) is 0 Å². The van der Waals surface area contributed by atoms with Gasteiger partial charge < -0.3 is 10.1 Å². The quantitative estimate of drug-likeness (QED) is 0.819. The zero-order valence-electron chi connectivity index (χ0n) is 9.95. The first kappa shape index (κ1) is 13.2. The van der Waals surface area contributed by atoms with Crippen molar-refractivity contribution in [3.05, 3.63) is 23.8 Å². The van der Waals surface area contributed by atoms with Gasteiger partial charge in [0.15, 0.2) is 5.13 Å². The van der Waals surface area contributed by atoms with E-state index in [0.717, 1.165) is 20.9 Å². The van der Waals surface area contributed by atoms with Crippen molar-refractivity contribution in [3.63, 3.8) is 0 Å². The van der Waals surface area contributed by atoms with Gasteiger partial charge in [-0.15, -0.1) is 0 Å². The van der Waals surface area contributed by atoms with Gasteiger partial charge >= 0.3 is 0 Å². The van der Waals surface area contributed by atoms with Crippen LogP contribution in [0.1, 0.15) is 5.56 Å². The molecule has 0 unspecified atom stereocenters. The van der Waals surface area contributed by atoms with Gasteiger partial charge in [0.2, 0.25) is 0 Å². The Morgan fingerprint density at radius 3 is 3.00 bits per heavy atom. The zero-order chi connectivity index (χ0) is 13.0. The second-order valence-corrected chi connectivity index (χ2v) is 4.86. The molecular formula is C12H14F2N2OS. The minimum atomic E-state index is -2.41. The highest BCUT2D eigenvalue weighted by molar-refractivity contribution is 7.22. The van der Waals surface area contributed by atoms with Crippen molar-refractivity contribution in [2.45, 2.75) is 13.3 Å². The number of nitrogens with zero attached hydrogens (tertiary/aromatic N) is 1. The molecule has 0 spiro atoms. The minimum Gasteiger partial charge on any atom is -0.374 e. The third-order valence-corrected chi connectivity index (χ3v) is 3.37. The van der Waals surface area contributed by atoms with E-state index in [1.165, 1.54) is 0 Å². The number of hydrogen-bond donors (Lipinski definition) is 1. The van der Waals surface area contributed by atoms with Gasteiger partial charge in [-0.25, -0.2) is 13.8 Å². The molecule has 0 saturated carbocycles. The van der Waals surface area contributed by atoms with E-state index in [1.54, 1.807) is 11.3 Å². The predicted molar refractivity (Wildman–Crippen MR) is 69.7 cm³/mol. The first-order valence-electron chi connectivity index (χ1n) is 5.63. The molecule has 18 heavy (non-hydrogen) atoms. The second kappa shape index (κ2) is 6.06. The predicted octanol–water partition coefficient (Wildman–Crippen LogP) is 3.30. The summed E-state index contributed by atoms with van der Waals surface area (Å²) >= 11 is 1.55. The van der Waals surface area contributed by atoms with Crippen LogP contribution in [0.5, 0.6) is 0 Å². The summed E-state index contributed by atoms with van der Waals surface area (Å²) in [5.74, 6) is 0. The van der Waals surface area contributed by atoms with Crippen LogP contribution in [0.25, 0.3) is 10.2 Å². The van der Waals surface area contributed by atoms with Gasteiger partial charge in [0.05, 0.1) is 16.8 Å². The summed E-state index contributed by atoms with van der Waals surface area (Å²) in [5.41, 5.74) is 2.12. The molecule has 0 fully saturated rings. The molecule has 0 radical (unpaired) electrons. The Morgan fingerprint density at radius 2 is 2.28 bits per heavy atom. The summed E-state index contributed by atoms with van der Waals surface area (Å²) in [6.07, 6.45) is -2.41. The fourth-order valence-corrected chi connectivity index (χ4v) is 2.53. The highest BCUT2D eigenvalue weighted by Crippen LogP contribution is 2.27. The fourth-order valence-electron chi connectivity index (χ4n) is 1.56. The lowest BCUT2D eigenvalue weighted by molar-refractivity contribution is 0.0215. The van der Waals surface area contributed by atoms with E-state index in [0.29, 0.717) is 6.54 Å². The highest BCUT2D eigenvalue weighted by atomic mass is 32.1. The molecule has 0 atom stereocenters. The Balaban J connectivity index is 1.87. The maximum atomic E-state index is 11.8. The number of nitrogens with one attached hydrogen (secondary N) is 1. The first-order valence-corrected chi connectivity index (χ1v) is 6.44.